The zero-order valence-electron chi connectivity index (χ0n) is 10.1. The standard InChI is InChI=1S/C13H18N3/c1-15(2)9-10-16(3)13-6-4-5-12-11(13)7-8-14-12/h5-8,14H,9-10H2,1-3H3. The molecule has 0 amide bonds. The number of hydrogen-bond acceptors (Lipinski definition) is 2. The van der Waals surface area contributed by atoms with Crippen molar-refractivity contribution in [2.45, 2.75) is 0 Å². The van der Waals surface area contributed by atoms with Crippen molar-refractivity contribution in [3.05, 3.63) is 30.5 Å². The second kappa shape index (κ2) is 4.58. The maximum atomic E-state index is 3.21. The van der Waals surface area contributed by atoms with Crippen molar-refractivity contribution in [1.29, 1.82) is 0 Å². The number of fused-ring (bicyclic) bond motifs is 1. The molecule has 1 aromatic carbocycles. The molecule has 0 aliphatic heterocycles. The molecule has 1 heterocycles. The molecule has 2 aromatic rings. The number of likely N-dealkylation sites (N-methyl/N-ethyl adjacent to an activating group) is 2. The van der Waals surface area contributed by atoms with Gasteiger partial charge >= 0.3 is 0 Å². The summed E-state index contributed by atoms with van der Waals surface area (Å²) in [5.41, 5.74) is 2.38. The van der Waals surface area contributed by atoms with Crippen LogP contribution in [0.1, 0.15) is 0 Å². The lowest BCUT2D eigenvalue weighted by Gasteiger charge is -2.22. The Hall–Kier alpha value is -1.48. The van der Waals surface area contributed by atoms with E-state index in [1.165, 1.54) is 11.1 Å². The largest absolute Gasteiger partial charge is 0.373 e. The van der Waals surface area contributed by atoms with Crippen LogP contribution in [0.25, 0.3) is 10.9 Å². The number of H-pyrrole nitrogens is 1. The molecule has 0 saturated heterocycles. The minimum Gasteiger partial charge on any atom is -0.373 e. The number of nitrogens with one attached hydrogen (secondary N) is 1. The number of aromatic amines is 1. The molecule has 1 radical (unpaired) electrons. The molecule has 0 saturated carbocycles. The molecule has 3 nitrogen and oxygen atoms in total. The average Bonchev–Trinajstić information content (AvgIpc) is 2.73. The fourth-order valence-electron chi connectivity index (χ4n) is 1.79. The molecule has 16 heavy (non-hydrogen) atoms. The van der Waals surface area contributed by atoms with E-state index in [1.54, 1.807) is 0 Å². The van der Waals surface area contributed by atoms with Crippen LogP contribution in [0.5, 0.6) is 0 Å². The zero-order valence-corrected chi connectivity index (χ0v) is 10.1. The minimum atomic E-state index is 1.02. The van der Waals surface area contributed by atoms with E-state index in [2.05, 4.69) is 48.1 Å². The third kappa shape index (κ3) is 2.19. The lowest BCUT2D eigenvalue weighted by atomic mass is 10.2. The molecule has 0 bridgehead atoms. The van der Waals surface area contributed by atoms with Crippen molar-refractivity contribution in [1.82, 2.24) is 9.88 Å². The SMILES string of the molecule is CN(C)CCN(C)c1c[c]cc2[nH]ccc12. The number of rotatable bonds is 4. The van der Waals surface area contributed by atoms with Crippen LogP contribution in [0.2, 0.25) is 0 Å². The number of nitrogens with zero attached hydrogens (tertiary/aromatic N) is 2. The van der Waals surface area contributed by atoms with Crippen LogP contribution in [0, 0.1) is 6.07 Å². The number of aromatic nitrogens is 1. The van der Waals surface area contributed by atoms with Gasteiger partial charge < -0.3 is 14.8 Å². The summed E-state index contributed by atoms with van der Waals surface area (Å²) in [6, 6.07) is 9.32. The molecule has 0 aliphatic rings. The van der Waals surface area contributed by atoms with E-state index in [4.69, 9.17) is 0 Å². The third-order valence-electron chi connectivity index (χ3n) is 2.80. The summed E-state index contributed by atoms with van der Waals surface area (Å²) in [4.78, 5) is 7.67. The van der Waals surface area contributed by atoms with Crippen molar-refractivity contribution in [3.63, 3.8) is 0 Å². The maximum absolute atomic E-state index is 3.21. The van der Waals surface area contributed by atoms with E-state index in [1.807, 2.05) is 18.3 Å². The average molecular weight is 216 g/mol. The number of benzene rings is 1. The van der Waals surface area contributed by atoms with E-state index < -0.39 is 0 Å². The van der Waals surface area contributed by atoms with Crippen LogP contribution >= 0.6 is 0 Å². The fourth-order valence-corrected chi connectivity index (χ4v) is 1.79. The first-order valence-corrected chi connectivity index (χ1v) is 5.51. The molecule has 0 fully saturated rings. The Labute approximate surface area is 96.7 Å². The maximum Gasteiger partial charge on any atom is 0.0481 e. The van der Waals surface area contributed by atoms with Crippen molar-refractivity contribution in [2.75, 3.05) is 39.1 Å². The van der Waals surface area contributed by atoms with Gasteiger partial charge in [0.15, 0.2) is 0 Å². The first-order chi connectivity index (χ1) is 7.68. The van der Waals surface area contributed by atoms with E-state index >= 15 is 0 Å². The van der Waals surface area contributed by atoms with Crippen molar-refractivity contribution in [2.24, 2.45) is 0 Å². The zero-order chi connectivity index (χ0) is 11.5. The van der Waals surface area contributed by atoms with Gasteiger partial charge in [0, 0.05) is 42.9 Å². The summed E-state index contributed by atoms with van der Waals surface area (Å²) >= 11 is 0. The van der Waals surface area contributed by atoms with Crippen LogP contribution in [0.4, 0.5) is 5.69 Å². The minimum absolute atomic E-state index is 1.02. The van der Waals surface area contributed by atoms with Crippen LogP contribution in [-0.4, -0.2) is 44.1 Å². The van der Waals surface area contributed by atoms with Gasteiger partial charge in [-0.1, -0.05) is 0 Å². The Morgan fingerprint density at radius 2 is 2.00 bits per heavy atom. The van der Waals surface area contributed by atoms with E-state index in [0.29, 0.717) is 0 Å². The highest BCUT2D eigenvalue weighted by Gasteiger charge is 2.06. The van der Waals surface area contributed by atoms with Crippen LogP contribution in [-0.2, 0) is 0 Å². The van der Waals surface area contributed by atoms with Crippen LogP contribution < -0.4 is 4.90 Å². The van der Waals surface area contributed by atoms with Gasteiger partial charge in [0.1, 0.15) is 0 Å². The Morgan fingerprint density at radius 1 is 1.19 bits per heavy atom. The Balaban J connectivity index is 2.22. The Bertz CT molecular complexity index is 459. The summed E-state index contributed by atoms with van der Waals surface area (Å²) in [5, 5.41) is 1.26. The molecule has 0 atom stereocenters. The van der Waals surface area contributed by atoms with Gasteiger partial charge in [-0.15, -0.1) is 0 Å². The van der Waals surface area contributed by atoms with Crippen molar-refractivity contribution < 1.29 is 0 Å². The molecule has 2 rings (SSSR count). The second-order valence-electron chi connectivity index (χ2n) is 4.37. The summed E-state index contributed by atoms with van der Waals surface area (Å²) in [6.07, 6.45) is 1.97. The van der Waals surface area contributed by atoms with Gasteiger partial charge in [0.25, 0.3) is 0 Å². The summed E-state index contributed by atoms with van der Waals surface area (Å²) in [7, 11) is 6.31. The van der Waals surface area contributed by atoms with Gasteiger partial charge in [-0.25, -0.2) is 0 Å². The van der Waals surface area contributed by atoms with Crippen LogP contribution in [0.15, 0.2) is 24.4 Å². The Morgan fingerprint density at radius 3 is 2.75 bits per heavy atom. The lowest BCUT2D eigenvalue weighted by molar-refractivity contribution is 0.416. The topological polar surface area (TPSA) is 22.3 Å². The fraction of sp³-hybridized carbons (Fsp3) is 0.385. The molecule has 0 spiro atoms. The summed E-state index contributed by atoms with van der Waals surface area (Å²) in [6.45, 7) is 2.07. The summed E-state index contributed by atoms with van der Waals surface area (Å²) < 4.78 is 0. The van der Waals surface area contributed by atoms with Gasteiger partial charge in [-0.3, -0.25) is 0 Å². The molecule has 0 aliphatic carbocycles. The molecule has 3 heteroatoms. The lowest BCUT2D eigenvalue weighted by Crippen LogP contribution is -2.28. The van der Waals surface area contributed by atoms with E-state index in [0.717, 1.165) is 18.6 Å². The molecule has 0 unspecified atom stereocenters. The van der Waals surface area contributed by atoms with Crippen LogP contribution in [0.3, 0.4) is 0 Å². The quantitative estimate of drug-likeness (QED) is 0.844. The predicted molar refractivity (Wildman–Crippen MR) is 69.0 cm³/mol. The second-order valence-corrected chi connectivity index (χ2v) is 4.37. The van der Waals surface area contributed by atoms with Gasteiger partial charge in [-0.05, 0) is 38.4 Å². The summed E-state index contributed by atoms with van der Waals surface area (Å²) in [5.74, 6) is 0. The molecular formula is C13H18N3. The predicted octanol–water partition coefficient (Wildman–Crippen LogP) is 1.97. The van der Waals surface area contributed by atoms with Gasteiger partial charge in [0.05, 0.1) is 0 Å². The number of anilines is 1. The highest BCUT2D eigenvalue weighted by atomic mass is 15.2. The smallest absolute Gasteiger partial charge is 0.0481 e. The first kappa shape index (κ1) is 11.0. The van der Waals surface area contributed by atoms with E-state index in [-0.39, 0.29) is 0 Å². The first-order valence-electron chi connectivity index (χ1n) is 5.51. The van der Waals surface area contributed by atoms with E-state index in [9.17, 15) is 0 Å². The Kier molecular flexibility index (Phi) is 3.15. The van der Waals surface area contributed by atoms with Gasteiger partial charge in [-0.2, -0.15) is 0 Å². The molecular weight excluding hydrogens is 198 g/mol. The highest BCUT2D eigenvalue weighted by Crippen LogP contribution is 2.24. The van der Waals surface area contributed by atoms with Gasteiger partial charge in [0.2, 0.25) is 0 Å². The third-order valence-corrected chi connectivity index (χ3v) is 2.80. The highest BCUT2D eigenvalue weighted by molar-refractivity contribution is 5.92. The monoisotopic (exact) mass is 216 g/mol. The van der Waals surface area contributed by atoms with Crippen molar-refractivity contribution in [3.8, 4) is 0 Å². The molecule has 1 N–H and O–H groups in total. The molecule has 85 valence electrons. The normalized spacial score (nSPS) is 11.2. The number of hydrogen-bond donors (Lipinski definition) is 1. The molecule has 1 aromatic heterocycles. The van der Waals surface area contributed by atoms with Crippen molar-refractivity contribution >= 4 is 16.6 Å².